The number of nitrogens with zero attached hydrogens (tertiary/aromatic N) is 2. The molecule has 0 amide bonds. The van der Waals surface area contributed by atoms with E-state index in [1.54, 1.807) is 6.08 Å². The van der Waals surface area contributed by atoms with Gasteiger partial charge in [-0.15, -0.1) is 6.58 Å². The van der Waals surface area contributed by atoms with Gasteiger partial charge in [-0.25, -0.2) is 9.97 Å². The minimum absolute atomic E-state index is 0.0976. The van der Waals surface area contributed by atoms with Crippen LogP contribution in [0.15, 0.2) is 43.1 Å². The highest BCUT2D eigenvalue weighted by Gasteiger charge is 2.05. The van der Waals surface area contributed by atoms with Gasteiger partial charge in [0.05, 0.1) is 10.8 Å². The van der Waals surface area contributed by atoms with Gasteiger partial charge >= 0.3 is 0 Å². The van der Waals surface area contributed by atoms with Gasteiger partial charge in [0.2, 0.25) is 0 Å². The molecule has 70 valence electrons. The van der Waals surface area contributed by atoms with E-state index in [1.807, 2.05) is 30.5 Å². The van der Waals surface area contributed by atoms with E-state index in [-0.39, 0.29) is 5.25 Å². The van der Waals surface area contributed by atoms with E-state index >= 15 is 0 Å². The molecule has 0 saturated carbocycles. The average molecular weight is 202 g/mol. The third kappa shape index (κ3) is 1.63. The zero-order chi connectivity index (χ0) is 9.97. The molecule has 0 fully saturated rings. The molecule has 2 nitrogen and oxygen atoms in total. The lowest BCUT2D eigenvalue weighted by atomic mass is 10.2. The summed E-state index contributed by atoms with van der Waals surface area (Å²) in [4.78, 5) is 8.61. The number of hydrogen-bond donors (Lipinski definition) is 1. The highest BCUT2D eigenvalue weighted by atomic mass is 32.1. The minimum atomic E-state index is -0.0976. The monoisotopic (exact) mass is 202 g/mol. The van der Waals surface area contributed by atoms with Crippen LogP contribution in [0.2, 0.25) is 0 Å². The van der Waals surface area contributed by atoms with Crippen LogP contribution in [0.1, 0.15) is 11.1 Å². The van der Waals surface area contributed by atoms with Gasteiger partial charge in [-0.3, -0.25) is 0 Å². The second-order valence-corrected chi connectivity index (χ2v) is 3.52. The van der Waals surface area contributed by atoms with Crippen molar-refractivity contribution in [3.8, 4) is 0 Å². The molecule has 2 rings (SSSR count). The van der Waals surface area contributed by atoms with Gasteiger partial charge in [0.25, 0.3) is 0 Å². The van der Waals surface area contributed by atoms with Gasteiger partial charge in [-0.05, 0) is 6.07 Å². The highest BCUT2D eigenvalue weighted by molar-refractivity contribution is 7.80. The summed E-state index contributed by atoms with van der Waals surface area (Å²) in [5, 5.41) is 0.945. The van der Waals surface area contributed by atoms with Crippen LogP contribution in [-0.2, 0) is 0 Å². The van der Waals surface area contributed by atoms with Crippen LogP contribution in [0.4, 0.5) is 0 Å². The van der Waals surface area contributed by atoms with Crippen LogP contribution in [0.5, 0.6) is 0 Å². The molecule has 14 heavy (non-hydrogen) atoms. The summed E-state index contributed by atoms with van der Waals surface area (Å²) in [7, 11) is 0. The van der Waals surface area contributed by atoms with Gasteiger partial charge in [0, 0.05) is 11.6 Å². The van der Waals surface area contributed by atoms with Crippen molar-refractivity contribution in [3.05, 3.63) is 48.9 Å². The van der Waals surface area contributed by atoms with E-state index in [1.165, 1.54) is 0 Å². The van der Waals surface area contributed by atoms with Crippen molar-refractivity contribution in [3.63, 3.8) is 0 Å². The van der Waals surface area contributed by atoms with E-state index in [0.717, 1.165) is 10.9 Å². The van der Waals surface area contributed by atoms with Crippen LogP contribution in [0, 0.1) is 0 Å². The SMILES string of the molecule is C=CC(S)c1ncc2ccccc2n1. The lowest BCUT2D eigenvalue weighted by Gasteiger charge is -2.04. The summed E-state index contributed by atoms with van der Waals surface area (Å²) in [5.74, 6) is 0.696. The number of rotatable bonds is 2. The lowest BCUT2D eigenvalue weighted by molar-refractivity contribution is 1.01. The molecule has 3 heteroatoms. The van der Waals surface area contributed by atoms with Crippen molar-refractivity contribution >= 4 is 23.5 Å². The molecule has 0 N–H and O–H groups in total. The summed E-state index contributed by atoms with van der Waals surface area (Å²) in [6.07, 6.45) is 3.53. The summed E-state index contributed by atoms with van der Waals surface area (Å²) in [5.41, 5.74) is 0.943. The van der Waals surface area contributed by atoms with Crippen molar-refractivity contribution < 1.29 is 0 Å². The van der Waals surface area contributed by atoms with E-state index < -0.39 is 0 Å². The van der Waals surface area contributed by atoms with Crippen molar-refractivity contribution in [2.75, 3.05) is 0 Å². The predicted molar refractivity (Wildman–Crippen MR) is 61.5 cm³/mol. The van der Waals surface area contributed by atoms with Gasteiger partial charge in [-0.2, -0.15) is 12.6 Å². The first-order valence-corrected chi connectivity index (χ1v) is 4.85. The van der Waals surface area contributed by atoms with Crippen LogP contribution >= 0.6 is 12.6 Å². The second kappa shape index (κ2) is 3.80. The predicted octanol–water partition coefficient (Wildman–Crippen LogP) is 2.79. The number of aromatic nitrogens is 2. The minimum Gasteiger partial charge on any atom is -0.239 e. The number of benzene rings is 1. The molecule has 0 radical (unpaired) electrons. The Morgan fingerprint density at radius 1 is 1.36 bits per heavy atom. The quantitative estimate of drug-likeness (QED) is 0.598. The van der Waals surface area contributed by atoms with E-state index in [0.29, 0.717) is 5.82 Å². The zero-order valence-electron chi connectivity index (χ0n) is 7.59. The van der Waals surface area contributed by atoms with Crippen molar-refractivity contribution in [2.45, 2.75) is 5.25 Å². The Balaban J connectivity index is 2.56. The fraction of sp³-hybridized carbons (Fsp3) is 0.0909. The molecule has 0 bridgehead atoms. The molecule has 0 aliphatic carbocycles. The zero-order valence-corrected chi connectivity index (χ0v) is 8.48. The molecule has 0 spiro atoms. The third-order valence-electron chi connectivity index (χ3n) is 2.00. The van der Waals surface area contributed by atoms with Gasteiger partial charge in [0.1, 0.15) is 5.82 Å². The Hall–Kier alpha value is -1.35. The Labute approximate surface area is 88.1 Å². The van der Waals surface area contributed by atoms with Crippen LogP contribution in [0.3, 0.4) is 0 Å². The maximum Gasteiger partial charge on any atom is 0.145 e. The average Bonchev–Trinajstić information content (AvgIpc) is 2.27. The fourth-order valence-corrected chi connectivity index (χ4v) is 1.36. The first-order valence-electron chi connectivity index (χ1n) is 4.33. The molecule has 1 heterocycles. The molecule has 0 aliphatic heterocycles. The van der Waals surface area contributed by atoms with Gasteiger partial charge < -0.3 is 0 Å². The lowest BCUT2D eigenvalue weighted by Crippen LogP contribution is -1.95. The number of fused-ring (bicyclic) bond motifs is 1. The number of thiol groups is 1. The summed E-state index contributed by atoms with van der Waals surface area (Å²) >= 11 is 4.30. The number of para-hydroxylation sites is 1. The summed E-state index contributed by atoms with van der Waals surface area (Å²) in [6.45, 7) is 3.66. The van der Waals surface area contributed by atoms with E-state index in [4.69, 9.17) is 0 Å². The van der Waals surface area contributed by atoms with Crippen LogP contribution < -0.4 is 0 Å². The van der Waals surface area contributed by atoms with Gasteiger partial charge in [0.15, 0.2) is 0 Å². The molecule has 1 aromatic carbocycles. The Bertz CT molecular complexity index is 468. The molecular weight excluding hydrogens is 192 g/mol. The maximum absolute atomic E-state index is 4.39. The Morgan fingerprint density at radius 3 is 2.93 bits per heavy atom. The maximum atomic E-state index is 4.39. The molecule has 1 unspecified atom stereocenters. The topological polar surface area (TPSA) is 25.8 Å². The second-order valence-electron chi connectivity index (χ2n) is 2.97. The molecule has 0 aliphatic rings. The summed E-state index contributed by atoms with van der Waals surface area (Å²) in [6, 6.07) is 7.88. The molecule has 0 saturated heterocycles. The molecule has 1 aromatic heterocycles. The van der Waals surface area contributed by atoms with Crippen LogP contribution in [-0.4, -0.2) is 9.97 Å². The smallest absolute Gasteiger partial charge is 0.145 e. The highest BCUT2D eigenvalue weighted by Crippen LogP contribution is 2.18. The van der Waals surface area contributed by atoms with E-state index in [9.17, 15) is 0 Å². The van der Waals surface area contributed by atoms with E-state index in [2.05, 4.69) is 29.2 Å². The van der Waals surface area contributed by atoms with Crippen molar-refractivity contribution in [2.24, 2.45) is 0 Å². The first-order chi connectivity index (χ1) is 6.81. The molecular formula is C11H10N2S. The molecule has 2 aromatic rings. The standard InChI is InChI=1S/C11H10N2S/c1-2-10(14)11-12-7-8-5-3-4-6-9(8)13-11/h2-7,10,14H,1H2. The first kappa shape index (κ1) is 9.21. The van der Waals surface area contributed by atoms with Crippen molar-refractivity contribution in [1.29, 1.82) is 0 Å². The normalized spacial score (nSPS) is 12.6. The molecule has 1 atom stereocenters. The van der Waals surface area contributed by atoms with Crippen molar-refractivity contribution in [1.82, 2.24) is 9.97 Å². The largest absolute Gasteiger partial charge is 0.239 e. The number of hydrogen-bond acceptors (Lipinski definition) is 3. The van der Waals surface area contributed by atoms with Gasteiger partial charge in [-0.1, -0.05) is 24.3 Å². The fourth-order valence-electron chi connectivity index (χ4n) is 1.23. The summed E-state index contributed by atoms with van der Waals surface area (Å²) < 4.78 is 0. The third-order valence-corrected chi connectivity index (χ3v) is 2.44. The Kier molecular flexibility index (Phi) is 2.50. The Morgan fingerprint density at radius 2 is 2.14 bits per heavy atom. The van der Waals surface area contributed by atoms with Crippen LogP contribution in [0.25, 0.3) is 10.9 Å².